The molecule has 0 amide bonds. The summed E-state index contributed by atoms with van der Waals surface area (Å²) in [6.07, 6.45) is 0. The first-order chi connectivity index (χ1) is 18.2. The lowest BCUT2D eigenvalue weighted by Gasteiger charge is -2.40. The molecule has 0 heterocycles. The van der Waals surface area contributed by atoms with Gasteiger partial charge in [-0.25, -0.2) is 0 Å². The monoisotopic (exact) mass is 514 g/mol. The Labute approximate surface area is 218 Å². The van der Waals surface area contributed by atoms with Crippen molar-refractivity contribution in [2.45, 2.75) is 23.7 Å². The molecule has 2 bridgehead atoms. The molecule has 0 saturated heterocycles. The minimum absolute atomic E-state index is 0.0204. The molecule has 8 nitrogen and oxygen atoms in total. The van der Waals surface area contributed by atoms with E-state index in [1.165, 1.54) is 32.4 Å². The van der Waals surface area contributed by atoms with Gasteiger partial charge in [-0.05, 0) is 58.7 Å². The lowest BCUT2D eigenvalue weighted by molar-refractivity contribution is 0.368. The summed E-state index contributed by atoms with van der Waals surface area (Å²) < 4.78 is 10.8. The highest BCUT2D eigenvalue weighted by Gasteiger charge is 2.54. The van der Waals surface area contributed by atoms with E-state index in [2.05, 4.69) is 0 Å². The number of methoxy groups -OCH3 is 2. The van der Waals surface area contributed by atoms with E-state index in [0.717, 1.165) is 11.1 Å². The number of fused-ring (bicyclic) bond motifs is 7. The van der Waals surface area contributed by atoms with E-state index in [9.17, 15) is 30.6 Å². The summed E-state index contributed by atoms with van der Waals surface area (Å²) in [7, 11) is 2.91. The molecule has 38 heavy (non-hydrogen) atoms. The normalized spacial score (nSPS) is 21.0. The predicted molar refractivity (Wildman–Crippen MR) is 138 cm³/mol. The highest BCUT2D eigenvalue weighted by atomic mass is 16.5. The van der Waals surface area contributed by atoms with E-state index < -0.39 is 17.8 Å². The van der Waals surface area contributed by atoms with Crippen molar-refractivity contribution < 1.29 is 40.1 Å². The van der Waals surface area contributed by atoms with Crippen LogP contribution in [0.25, 0.3) is 0 Å². The first-order valence-corrected chi connectivity index (χ1v) is 12.1. The number of phenols is 6. The van der Waals surface area contributed by atoms with E-state index in [0.29, 0.717) is 22.3 Å². The summed E-state index contributed by atoms with van der Waals surface area (Å²) in [5.74, 6) is -1.72. The number of ether oxygens (including phenoxy) is 2. The van der Waals surface area contributed by atoms with E-state index in [1.807, 2.05) is 0 Å². The average Bonchev–Trinajstić information content (AvgIpc) is 3.15. The zero-order valence-corrected chi connectivity index (χ0v) is 20.6. The second-order valence-electron chi connectivity index (χ2n) is 9.81. The van der Waals surface area contributed by atoms with Gasteiger partial charge in [-0.1, -0.05) is 12.1 Å². The van der Waals surface area contributed by atoms with Crippen LogP contribution >= 0.6 is 0 Å². The molecular weight excluding hydrogens is 488 g/mol. The number of rotatable bonds is 4. The fraction of sp³-hybridized carbons (Fsp3) is 0.200. The molecule has 6 N–H and O–H groups in total. The largest absolute Gasteiger partial charge is 0.508 e. The van der Waals surface area contributed by atoms with Gasteiger partial charge in [0.05, 0.1) is 14.2 Å². The molecule has 2 aliphatic rings. The third-order valence-electron chi connectivity index (χ3n) is 7.92. The molecule has 6 rings (SSSR count). The Morgan fingerprint density at radius 2 is 1.00 bits per heavy atom. The van der Waals surface area contributed by atoms with Crippen molar-refractivity contribution in [3.05, 3.63) is 94.0 Å². The molecule has 0 aliphatic heterocycles. The minimum atomic E-state index is -0.524. The molecule has 0 fully saturated rings. The number of phenolic OH excluding ortho intramolecular Hbond substituents is 6. The van der Waals surface area contributed by atoms with E-state index in [1.54, 1.807) is 42.5 Å². The summed E-state index contributed by atoms with van der Waals surface area (Å²) in [6, 6.07) is 15.8. The van der Waals surface area contributed by atoms with Crippen molar-refractivity contribution in [3.63, 3.8) is 0 Å². The van der Waals surface area contributed by atoms with Gasteiger partial charge in [0.2, 0.25) is 0 Å². The number of benzene rings is 4. The van der Waals surface area contributed by atoms with Crippen LogP contribution in [-0.2, 0) is 0 Å². The predicted octanol–water partition coefficient (Wildman–Crippen LogP) is 5.10. The summed E-state index contributed by atoms with van der Waals surface area (Å²) in [4.78, 5) is 0. The summed E-state index contributed by atoms with van der Waals surface area (Å²) in [5.41, 5.74) is 3.99. The number of hydrogen-bond acceptors (Lipinski definition) is 8. The zero-order valence-electron chi connectivity index (χ0n) is 20.6. The second-order valence-corrected chi connectivity index (χ2v) is 9.81. The van der Waals surface area contributed by atoms with Crippen molar-refractivity contribution in [3.8, 4) is 46.0 Å². The van der Waals surface area contributed by atoms with Crippen LogP contribution < -0.4 is 9.47 Å². The third-order valence-corrected chi connectivity index (χ3v) is 7.92. The molecule has 0 saturated carbocycles. The highest BCUT2D eigenvalue weighted by molar-refractivity contribution is 5.69. The van der Waals surface area contributed by atoms with Crippen LogP contribution in [0, 0.1) is 0 Å². The summed E-state index contributed by atoms with van der Waals surface area (Å²) in [5, 5.41) is 63.9. The Bertz CT molecular complexity index is 1590. The molecule has 4 aromatic carbocycles. The molecule has 194 valence electrons. The minimum Gasteiger partial charge on any atom is -0.508 e. The Morgan fingerprint density at radius 1 is 0.500 bits per heavy atom. The molecule has 0 spiro atoms. The Kier molecular flexibility index (Phi) is 5.24. The van der Waals surface area contributed by atoms with Crippen LogP contribution in [0.3, 0.4) is 0 Å². The Balaban J connectivity index is 1.72. The topological polar surface area (TPSA) is 140 Å². The maximum atomic E-state index is 11.2. The lowest BCUT2D eigenvalue weighted by Crippen LogP contribution is -2.26. The maximum Gasteiger partial charge on any atom is 0.160 e. The standard InChI is InChI=1S/C30H26O8/c1-37-23-7-13(3-5-19(23)33)25-27-17(9-15(31)11-21(27)35)30-26(14-4-6-20(34)24(8-14)38-2)29(25)18-10-16(32)12-22(36)28(18)30/h3-12,25-26,29-36H,1-2H3/t25-,26?,29+,30-/m1/s1. The van der Waals surface area contributed by atoms with Gasteiger partial charge in [0.15, 0.2) is 23.0 Å². The molecule has 0 radical (unpaired) electrons. The van der Waals surface area contributed by atoms with E-state index >= 15 is 0 Å². The quantitative estimate of drug-likeness (QED) is 0.221. The van der Waals surface area contributed by atoms with Crippen LogP contribution in [0.1, 0.15) is 57.1 Å². The van der Waals surface area contributed by atoms with Gasteiger partial charge in [-0.3, -0.25) is 0 Å². The van der Waals surface area contributed by atoms with Crippen molar-refractivity contribution in [2.24, 2.45) is 0 Å². The number of aromatic hydroxyl groups is 6. The summed E-state index contributed by atoms with van der Waals surface area (Å²) in [6.45, 7) is 0. The van der Waals surface area contributed by atoms with Crippen LogP contribution in [-0.4, -0.2) is 44.9 Å². The van der Waals surface area contributed by atoms with Crippen molar-refractivity contribution in [2.75, 3.05) is 14.2 Å². The molecule has 1 unspecified atom stereocenters. The van der Waals surface area contributed by atoms with Gasteiger partial charge in [0.25, 0.3) is 0 Å². The molecule has 4 atom stereocenters. The van der Waals surface area contributed by atoms with E-state index in [4.69, 9.17) is 9.47 Å². The first-order valence-electron chi connectivity index (χ1n) is 12.1. The molecule has 8 heteroatoms. The molecule has 2 aliphatic carbocycles. The Hall–Kier alpha value is -4.72. The van der Waals surface area contributed by atoms with Gasteiger partial charge in [0.1, 0.15) is 23.0 Å². The second kappa shape index (κ2) is 8.41. The van der Waals surface area contributed by atoms with Crippen LogP contribution in [0.5, 0.6) is 46.0 Å². The maximum absolute atomic E-state index is 11.2. The fourth-order valence-electron chi connectivity index (χ4n) is 6.56. The Morgan fingerprint density at radius 3 is 1.58 bits per heavy atom. The molecular formula is C30H26O8. The smallest absolute Gasteiger partial charge is 0.160 e. The zero-order chi connectivity index (χ0) is 26.9. The van der Waals surface area contributed by atoms with Gasteiger partial charge < -0.3 is 40.1 Å². The fourth-order valence-corrected chi connectivity index (χ4v) is 6.56. The van der Waals surface area contributed by atoms with Crippen molar-refractivity contribution in [1.82, 2.24) is 0 Å². The average molecular weight is 515 g/mol. The van der Waals surface area contributed by atoms with Gasteiger partial charge in [0, 0.05) is 46.9 Å². The molecule has 0 aromatic heterocycles. The number of hydrogen-bond donors (Lipinski definition) is 6. The SMILES string of the molecule is COc1cc(C2[C@H]3c4cc(O)cc(O)c4[C@@H](c4ccc(O)c(OC)c4)[C@@H]2c2cc(O)cc(O)c23)ccc1O. The van der Waals surface area contributed by atoms with Crippen molar-refractivity contribution in [1.29, 1.82) is 0 Å². The van der Waals surface area contributed by atoms with Crippen LogP contribution in [0.2, 0.25) is 0 Å². The van der Waals surface area contributed by atoms with Gasteiger partial charge in [-0.15, -0.1) is 0 Å². The van der Waals surface area contributed by atoms with Crippen LogP contribution in [0.4, 0.5) is 0 Å². The van der Waals surface area contributed by atoms with Crippen LogP contribution in [0.15, 0.2) is 60.7 Å². The van der Waals surface area contributed by atoms with E-state index in [-0.39, 0.29) is 51.9 Å². The summed E-state index contributed by atoms with van der Waals surface area (Å²) >= 11 is 0. The van der Waals surface area contributed by atoms with Gasteiger partial charge in [-0.2, -0.15) is 0 Å². The van der Waals surface area contributed by atoms with Gasteiger partial charge >= 0.3 is 0 Å². The molecule has 4 aromatic rings. The first kappa shape index (κ1) is 23.7. The lowest BCUT2D eigenvalue weighted by atomic mass is 9.63. The third kappa shape index (κ3) is 3.30. The van der Waals surface area contributed by atoms with Crippen molar-refractivity contribution >= 4 is 0 Å². The highest BCUT2D eigenvalue weighted by Crippen LogP contribution is 2.69.